The Labute approximate surface area is 201 Å². The highest BCUT2D eigenvalue weighted by Crippen LogP contribution is 2.24. The summed E-state index contributed by atoms with van der Waals surface area (Å²) >= 11 is 1.22. The molecular weight excluding hydrogens is 448 g/mol. The van der Waals surface area contributed by atoms with Gasteiger partial charge in [0.25, 0.3) is 5.56 Å². The Hall–Kier alpha value is -3.91. The first-order chi connectivity index (χ1) is 16.3. The van der Waals surface area contributed by atoms with Gasteiger partial charge in [-0.3, -0.25) is 19.0 Å². The second-order valence-electron chi connectivity index (χ2n) is 7.98. The van der Waals surface area contributed by atoms with Gasteiger partial charge in [0.2, 0.25) is 11.8 Å². The molecule has 1 heterocycles. The number of anilines is 1. The standard InChI is InChI=1S/C26H24N4O3S/c1-16-7-9-18(10-8-16)15-30-25(33)21-5-3-4-6-22(21)29-26(30)34-17(2)24(32)28-20-13-11-19(12-14-20)23(27)31/h3-14,17H,15H2,1-2H3,(H2,27,31)(H,28,32). The van der Waals surface area contributed by atoms with Crippen LogP contribution in [-0.2, 0) is 11.3 Å². The second kappa shape index (κ2) is 9.93. The van der Waals surface area contributed by atoms with Crippen LogP contribution in [0.15, 0.2) is 82.7 Å². The number of carbonyl (C=O) groups is 2. The summed E-state index contributed by atoms with van der Waals surface area (Å²) in [6, 6.07) is 21.5. The number of primary amides is 1. The fourth-order valence-electron chi connectivity index (χ4n) is 3.43. The number of nitrogens with zero attached hydrogens (tertiary/aromatic N) is 2. The van der Waals surface area contributed by atoms with Crippen molar-refractivity contribution in [3.63, 3.8) is 0 Å². The maximum Gasteiger partial charge on any atom is 0.262 e. The van der Waals surface area contributed by atoms with E-state index in [2.05, 4.69) is 5.32 Å². The number of fused-ring (bicyclic) bond motifs is 1. The highest BCUT2D eigenvalue weighted by molar-refractivity contribution is 8.00. The summed E-state index contributed by atoms with van der Waals surface area (Å²) in [6.45, 7) is 4.12. The molecule has 0 fully saturated rings. The van der Waals surface area contributed by atoms with Crippen LogP contribution in [-0.4, -0.2) is 26.6 Å². The number of nitrogens with one attached hydrogen (secondary N) is 1. The molecule has 0 spiro atoms. The van der Waals surface area contributed by atoms with E-state index in [-0.39, 0.29) is 11.5 Å². The largest absolute Gasteiger partial charge is 0.366 e. The molecule has 172 valence electrons. The third kappa shape index (κ3) is 5.18. The first-order valence-corrected chi connectivity index (χ1v) is 11.6. The lowest BCUT2D eigenvalue weighted by atomic mass is 10.1. The molecule has 3 N–H and O–H groups in total. The normalized spacial score (nSPS) is 11.8. The van der Waals surface area contributed by atoms with Gasteiger partial charge in [-0.1, -0.05) is 53.7 Å². The summed E-state index contributed by atoms with van der Waals surface area (Å²) in [5.74, 6) is -0.781. The third-order valence-corrected chi connectivity index (χ3v) is 6.47. The van der Waals surface area contributed by atoms with Crippen molar-refractivity contribution < 1.29 is 9.59 Å². The Bertz CT molecular complexity index is 1410. The van der Waals surface area contributed by atoms with Crippen LogP contribution in [0.4, 0.5) is 5.69 Å². The van der Waals surface area contributed by atoms with Crippen molar-refractivity contribution in [3.8, 4) is 0 Å². The molecule has 1 unspecified atom stereocenters. The van der Waals surface area contributed by atoms with Crippen molar-refractivity contribution in [3.05, 3.63) is 99.8 Å². The summed E-state index contributed by atoms with van der Waals surface area (Å²) in [6.07, 6.45) is 0. The van der Waals surface area contributed by atoms with Gasteiger partial charge < -0.3 is 11.1 Å². The lowest BCUT2D eigenvalue weighted by molar-refractivity contribution is -0.115. The zero-order valence-corrected chi connectivity index (χ0v) is 19.6. The smallest absolute Gasteiger partial charge is 0.262 e. The molecular formula is C26H24N4O3S. The van der Waals surface area contributed by atoms with Crippen LogP contribution >= 0.6 is 11.8 Å². The Balaban J connectivity index is 1.61. The monoisotopic (exact) mass is 472 g/mol. The number of hydrogen-bond acceptors (Lipinski definition) is 5. The molecule has 1 aromatic heterocycles. The first kappa shape index (κ1) is 23.3. The first-order valence-electron chi connectivity index (χ1n) is 10.7. The van der Waals surface area contributed by atoms with Crippen molar-refractivity contribution in [2.24, 2.45) is 5.73 Å². The van der Waals surface area contributed by atoms with Crippen molar-refractivity contribution >= 4 is 40.2 Å². The summed E-state index contributed by atoms with van der Waals surface area (Å²) in [5.41, 5.74) is 8.72. The maximum atomic E-state index is 13.3. The minimum Gasteiger partial charge on any atom is -0.366 e. The molecule has 2 amide bonds. The van der Waals surface area contributed by atoms with Crippen LogP contribution in [0.25, 0.3) is 10.9 Å². The predicted molar refractivity (Wildman–Crippen MR) is 135 cm³/mol. The van der Waals surface area contributed by atoms with Crippen molar-refractivity contribution in [1.82, 2.24) is 9.55 Å². The predicted octanol–water partition coefficient (Wildman–Crippen LogP) is 3.97. The van der Waals surface area contributed by atoms with E-state index in [4.69, 9.17) is 10.7 Å². The van der Waals surface area contributed by atoms with Gasteiger partial charge in [-0.15, -0.1) is 0 Å². The number of amides is 2. The molecule has 4 rings (SSSR count). The molecule has 7 nitrogen and oxygen atoms in total. The third-order valence-electron chi connectivity index (χ3n) is 5.38. The van der Waals surface area contributed by atoms with Crippen LogP contribution in [0, 0.1) is 6.92 Å². The highest BCUT2D eigenvalue weighted by Gasteiger charge is 2.20. The van der Waals surface area contributed by atoms with E-state index >= 15 is 0 Å². The Morgan fingerprint density at radius 3 is 2.38 bits per heavy atom. The van der Waals surface area contributed by atoms with E-state index < -0.39 is 11.2 Å². The molecule has 0 aliphatic heterocycles. The molecule has 4 aromatic rings. The minimum atomic E-state index is -0.534. The van der Waals surface area contributed by atoms with Gasteiger partial charge in [-0.2, -0.15) is 0 Å². The summed E-state index contributed by atoms with van der Waals surface area (Å²) < 4.78 is 1.61. The van der Waals surface area contributed by atoms with E-state index in [1.807, 2.05) is 43.3 Å². The number of rotatable bonds is 7. The molecule has 0 bridgehead atoms. The number of nitrogens with two attached hydrogens (primary N) is 1. The van der Waals surface area contributed by atoms with E-state index in [9.17, 15) is 14.4 Å². The Morgan fingerprint density at radius 2 is 1.71 bits per heavy atom. The van der Waals surface area contributed by atoms with E-state index in [0.717, 1.165) is 11.1 Å². The Morgan fingerprint density at radius 1 is 1.03 bits per heavy atom. The summed E-state index contributed by atoms with van der Waals surface area (Å²) in [5, 5.41) is 3.30. The van der Waals surface area contributed by atoms with Crippen molar-refractivity contribution in [2.75, 3.05) is 5.32 Å². The Kier molecular flexibility index (Phi) is 6.79. The quantitative estimate of drug-likeness (QED) is 0.313. The lowest BCUT2D eigenvalue weighted by Crippen LogP contribution is -2.27. The number of benzene rings is 3. The SMILES string of the molecule is Cc1ccc(Cn2c(SC(C)C(=O)Nc3ccc(C(N)=O)cc3)nc3ccccc3c2=O)cc1. The number of hydrogen-bond donors (Lipinski definition) is 2. The van der Waals surface area contributed by atoms with Gasteiger partial charge >= 0.3 is 0 Å². The number of aromatic nitrogens is 2. The van der Waals surface area contributed by atoms with Gasteiger partial charge in [-0.05, 0) is 55.8 Å². The average Bonchev–Trinajstić information content (AvgIpc) is 2.83. The topological polar surface area (TPSA) is 107 Å². The maximum absolute atomic E-state index is 13.3. The fourth-order valence-corrected chi connectivity index (χ4v) is 4.33. The lowest BCUT2D eigenvalue weighted by Gasteiger charge is -2.17. The van der Waals surface area contributed by atoms with Gasteiger partial charge in [0.1, 0.15) is 0 Å². The molecule has 3 aromatic carbocycles. The number of carbonyl (C=O) groups excluding carboxylic acids is 2. The molecule has 0 aliphatic carbocycles. The molecule has 34 heavy (non-hydrogen) atoms. The zero-order valence-electron chi connectivity index (χ0n) is 18.8. The van der Waals surface area contributed by atoms with Crippen LogP contribution in [0.5, 0.6) is 0 Å². The van der Waals surface area contributed by atoms with E-state index in [1.54, 1.807) is 47.9 Å². The number of aryl methyl sites for hydroxylation is 1. The summed E-state index contributed by atoms with van der Waals surface area (Å²) in [7, 11) is 0. The molecule has 8 heteroatoms. The van der Waals surface area contributed by atoms with Crippen molar-refractivity contribution in [1.29, 1.82) is 0 Å². The fraction of sp³-hybridized carbons (Fsp3) is 0.154. The number of thioether (sulfide) groups is 1. The zero-order chi connectivity index (χ0) is 24.2. The number of para-hydroxylation sites is 1. The molecule has 1 atom stereocenters. The average molecular weight is 473 g/mol. The van der Waals surface area contributed by atoms with Crippen LogP contribution < -0.4 is 16.6 Å². The minimum absolute atomic E-state index is 0.150. The summed E-state index contributed by atoms with van der Waals surface area (Å²) in [4.78, 5) is 42.1. The van der Waals surface area contributed by atoms with Gasteiger partial charge in [0.05, 0.1) is 22.7 Å². The van der Waals surface area contributed by atoms with Crippen LogP contribution in [0.3, 0.4) is 0 Å². The second-order valence-corrected chi connectivity index (χ2v) is 9.29. The van der Waals surface area contributed by atoms with Crippen LogP contribution in [0.1, 0.15) is 28.4 Å². The van der Waals surface area contributed by atoms with Crippen LogP contribution in [0.2, 0.25) is 0 Å². The van der Waals surface area contributed by atoms with E-state index in [1.165, 1.54) is 11.8 Å². The molecule has 0 saturated carbocycles. The highest BCUT2D eigenvalue weighted by atomic mass is 32.2. The van der Waals surface area contributed by atoms with Crippen molar-refractivity contribution in [2.45, 2.75) is 30.8 Å². The van der Waals surface area contributed by atoms with Gasteiger partial charge in [0, 0.05) is 11.3 Å². The molecule has 0 saturated heterocycles. The van der Waals surface area contributed by atoms with Gasteiger partial charge in [0.15, 0.2) is 5.16 Å². The molecule has 0 radical (unpaired) electrons. The van der Waals surface area contributed by atoms with E-state index in [0.29, 0.717) is 33.9 Å². The molecule has 0 aliphatic rings. The van der Waals surface area contributed by atoms with Gasteiger partial charge in [-0.25, -0.2) is 4.98 Å².